The Morgan fingerprint density at radius 3 is 2.77 bits per heavy atom. The van der Waals surface area contributed by atoms with Gasteiger partial charge in [-0.25, -0.2) is 0 Å². The molecule has 0 radical (unpaired) electrons. The third kappa shape index (κ3) is 2.03. The van der Waals surface area contributed by atoms with Crippen molar-refractivity contribution in [2.45, 2.75) is 48.8 Å². The van der Waals surface area contributed by atoms with E-state index in [0.717, 1.165) is 29.7 Å². The number of likely N-dealkylation sites (N-methyl/N-ethyl adjacent to an activating group) is 1. The van der Waals surface area contributed by atoms with E-state index in [4.69, 9.17) is 4.74 Å². The molecule has 6 nitrogen and oxygen atoms in total. The lowest BCUT2D eigenvalue weighted by molar-refractivity contribution is -0.169. The van der Waals surface area contributed by atoms with Gasteiger partial charge in [-0.2, -0.15) is 0 Å². The van der Waals surface area contributed by atoms with Crippen molar-refractivity contribution >= 4 is 5.71 Å². The summed E-state index contributed by atoms with van der Waals surface area (Å²) in [5.41, 5.74) is 2.13. The van der Waals surface area contributed by atoms with E-state index in [1.54, 1.807) is 6.07 Å². The molecule has 2 heterocycles. The molecule has 1 saturated carbocycles. The van der Waals surface area contributed by atoms with Crippen LogP contribution >= 0.6 is 0 Å². The summed E-state index contributed by atoms with van der Waals surface area (Å²) in [4.78, 5) is 2.22. The Bertz CT molecular complexity index is 1050. The predicted octanol–water partition coefficient (Wildman–Crippen LogP) is 2.48. The van der Waals surface area contributed by atoms with Gasteiger partial charge in [0.15, 0.2) is 11.5 Å². The van der Waals surface area contributed by atoms with E-state index < -0.39 is 11.0 Å². The van der Waals surface area contributed by atoms with Crippen LogP contribution in [-0.4, -0.2) is 57.4 Å². The zero-order valence-electron chi connectivity index (χ0n) is 17.0. The van der Waals surface area contributed by atoms with E-state index in [2.05, 4.69) is 29.2 Å². The standard InChI is InChI=1S/C24H26N2O4/c1-26-10-9-23-20-15-7-8-18(27)21(20)30-22(23)16(11-14-5-3-2-4-6-14)17(25-29)13-24(23,28)19(26)12-15/h2-8,16,19,22,27-29H,9-13H2,1H3/t16?,19-,22+,23+,24-/m1/s1. The van der Waals surface area contributed by atoms with Crippen molar-refractivity contribution in [2.75, 3.05) is 13.6 Å². The number of rotatable bonds is 2. The number of nitrogens with zero attached hydrogens (tertiary/aromatic N) is 2. The monoisotopic (exact) mass is 406 g/mol. The largest absolute Gasteiger partial charge is 0.504 e. The highest BCUT2D eigenvalue weighted by atomic mass is 16.5. The number of benzene rings is 2. The number of aromatic hydroxyl groups is 1. The normalized spacial score (nSPS) is 37.7. The summed E-state index contributed by atoms with van der Waals surface area (Å²) < 4.78 is 6.51. The molecule has 5 atom stereocenters. The zero-order valence-corrected chi connectivity index (χ0v) is 17.0. The van der Waals surface area contributed by atoms with Gasteiger partial charge in [-0.15, -0.1) is 0 Å². The van der Waals surface area contributed by atoms with E-state index in [9.17, 15) is 15.4 Å². The molecule has 1 spiro atoms. The number of hydrogen-bond donors (Lipinski definition) is 3. The SMILES string of the molecule is CN1CC[C@]23c4c5ccc(O)c4O[C@H]2C(Cc2ccccc2)C(=NO)C[C@@]3(O)[C@H]1C5. The molecule has 0 aromatic heterocycles. The molecule has 2 aliphatic heterocycles. The smallest absolute Gasteiger partial charge is 0.165 e. The van der Waals surface area contributed by atoms with E-state index >= 15 is 0 Å². The van der Waals surface area contributed by atoms with Gasteiger partial charge in [-0.05, 0) is 50.0 Å². The molecule has 1 saturated heterocycles. The molecule has 1 unspecified atom stereocenters. The quantitative estimate of drug-likeness (QED) is 0.527. The Labute approximate surface area is 175 Å². The molecule has 2 fully saturated rings. The fourth-order valence-electron chi connectivity index (χ4n) is 6.90. The number of hydrogen-bond acceptors (Lipinski definition) is 6. The third-order valence-corrected chi connectivity index (χ3v) is 8.20. The molecule has 2 bridgehead atoms. The van der Waals surface area contributed by atoms with Crippen LogP contribution in [0, 0.1) is 5.92 Å². The lowest BCUT2D eigenvalue weighted by atomic mass is 9.47. The first-order valence-corrected chi connectivity index (χ1v) is 10.7. The van der Waals surface area contributed by atoms with Crippen molar-refractivity contribution in [2.24, 2.45) is 11.1 Å². The highest BCUT2D eigenvalue weighted by molar-refractivity contribution is 5.91. The number of ether oxygens (including phenoxy) is 1. The molecule has 6 heteroatoms. The van der Waals surface area contributed by atoms with Gasteiger partial charge in [0.2, 0.25) is 0 Å². The van der Waals surface area contributed by atoms with Gasteiger partial charge in [0, 0.05) is 23.9 Å². The molecule has 156 valence electrons. The average molecular weight is 406 g/mol. The van der Waals surface area contributed by atoms with Crippen molar-refractivity contribution in [3.63, 3.8) is 0 Å². The second-order valence-electron chi connectivity index (χ2n) is 9.40. The van der Waals surface area contributed by atoms with Crippen molar-refractivity contribution in [3.8, 4) is 11.5 Å². The molecule has 6 rings (SSSR count). The van der Waals surface area contributed by atoms with Gasteiger partial charge in [0.25, 0.3) is 0 Å². The summed E-state index contributed by atoms with van der Waals surface area (Å²) in [6, 6.07) is 13.7. The Morgan fingerprint density at radius 2 is 2.00 bits per heavy atom. The first-order valence-electron chi connectivity index (χ1n) is 10.7. The number of aliphatic hydroxyl groups is 1. The van der Waals surface area contributed by atoms with Crippen molar-refractivity contribution in [1.82, 2.24) is 4.90 Å². The number of piperidine rings is 1. The topological polar surface area (TPSA) is 85.5 Å². The molecular formula is C24H26N2O4. The van der Waals surface area contributed by atoms with Gasteiger partial charge in [-0.3, -0.25) is 0 Å². The van der Waals surface area contributed by atoms with Gasteiger partial charge >= 0.3 is 0 Å². The van der Waals surface area contributed by atoms with Crippen molar-refractivity contribution in [1.29, 1.82) is 0 Å². The Hall–Kier alpha value is -2.57. The molecule has 2 aromatic rings. The minimum Gasteiger partial charge on any atom is -0.504 e. The third-order valence-electron chi connectivity index (χ3n) is 8.20. The fraction of sp³-hybridized carbons (Fsp3) is 0.458. The van der Waals surface area contributed by atoms with E-state index in [0.29, 0.717) is 30.7 Å². The highest BCUT2D eigenvalue weighted by Crippen LogP contribution is 2.66. The van der Waals surface area contributed by atoms with Crippen LogP contribution in [0.3, 0.4) is 0 Å². The lowest BCUT2D eigenvalue weighted by Gasteiger charge is -2.63. The number of likely N-dealkylation sites (tertiary alicyclic amines) is 1. The fourth-order valence-corrected chi connectivity index (χ4v) is 6.90. The zero-order chi connectivity index (χ0) is 20.7. The number of oxime groups is 1. The maximum absolute atomic E-state index is 12.3. The summed E-state index contributed by atoms with van der Waals surface area (Å²) in [5.74, 6) is 0.453. The summed E-state index contributed by atoms with van der Waals surface area (Å²) in [7, 11) is 2.05. The second-order valence-corrected chi connectivity index (χ2v) is 9.40. The van der Waals surface area contributed by atoms with E-state index in [-0.39, 0.29) is 23.8 Å². The van der Waals surface area contributed by atoms with Gasteiger partial charge in [0.05, 0.1) is 16.7 Å². The van der Waals surface area contributed by atoms with E-state index in [1.807, 2.05) is 24.3 Å². The molecule has 2 aliphatic carbocycles. The summed E-state index contributed by atoms with van der Waals surface area (Å²) in [6.45, 7) is 0.852. The van der Waals surface area contributed by atoms with Crippen LogP contribution in [0.5, 0.6) is 11.5 Å². The lowest BCUT2D eigenvalue weighted by Crippen LogP contribution is -2.77. The number of phenols is 1. The molecule has 30 heavy (non-hydrogen) atoms. The second kappa shape index (κ2) is 5.99. The molecular weight excluding hydrogens is 380 g/mol. The Balaban J connectivity index is 1.58. The van der Waals surface area contributed by atoms with Gasteiger partial charge in [0.1, 0.15) is 6.10 Å². The van der Waals surface area contributed by atoms with Crippen LogP contribution < -0.4 is 4.74 Å². The van der Waals surface area contributed by atoms with Crippen molar-refractivity contribution in [3.05, 3.63) is 59.2 Å². The van der Waals surface area contributed by atoms with Crippen LogP contribution in [-0.2, 0) is 18.3 Å². The average Bonchev–Trinajstić information content (AvgIpc) is 3.10. The van der Waals surface area contributed by atoms with Crippen molar-refractivity contribution < 1.29 is 20.2 Å². The van der Waals surface area contributed by atoms with Crippen LogP contribution in [0.4, 0.5) is 0 Å². The highest BCUT2D eigenvalue weighted by Gasteiger charge is 2.73. The molecule has 0 amide bonds. The molecule has 4 aliphatic rings. The first kappa shape index (κ1) is 18.2. The Kier molecular flexibility index (Phi) is 3.64. The maximum atomic E-state index is 12.3. The summed E-state index contributed by atoms with van der Waals surface area (Å²) in [5, 5.41) is 36.5. The maximum Gasteiger partial charge on any atom is 0.165 e. The van der Waals surface area contributed by atoms with E-state index in [1.165, 1.54) is 0 Å². The van der Waals surface area contributed by atoms with Crippen LogP contribution in [0.15, 0.2) is 47.6 Å². The predicted molar refractivity (Wildman–Crippen MR) is 111 cm³/mol. The van der Waals surface area contributed by atoms with Crippen LogP contribution in [0.25, 0.3) is 0 Å². The summed E-state index contributed by atoms with van der Waals surface area (Å²) in [6.07, 6.45) is 2.02. The minimum absolute atomic E-state index is 0.0882. The minimum atomic E-state index is -1.11. The Morgan fingerprint density at radius 1 is 1.20 bits per heavy atom. The molecule has 2 aromatic carbocycles. The van der Waals surface area contributed by atoms with Gasteiger partial charge in [-0.1, -0.05) is 41.6 Å². The van der Waals surface area contributed by atoms with Crippen LogP contribution in [0.1, 0.15) is 29.5 Å². The number of phenolic OH excluding ortho intramolecular Hbond substituents is 1. The molecule has 3 N–H and O–H groups in total. The van der Waals surface area contributed by atoms with Crippen LogP contribution in [0.2, 0.25) is 0 Å². The summed E-state index contributed by atoms with van der Waals surface area (Å²) >= 11 is 0. The first-order chi connectivity index (χ1) is 14.5. The van der Waals surface area contributed by atoms with Gasteiger partial charge < -0.3 is 25.1 Å².